The van der Waals surface area contributed by atoms with Gasteiger partial charge in [0.1, 0.15) is 0 Å². The van der Waals surface area contributed by atoms with Gasteiger partial charge < -0.3 is 0 Å². The first kappa shape index (κ1) is 21.1. The highest BCUT2D eigenvalue weighted by atomic mass is 16.1. The third-order valence-corrected chi connectivity index (χ3v) is 2.21. The molecule has 17 heavy (non-hydrogen) atoms. The van der Waals surface area contributed by atoms with E-state index in [1.165, 1.54) is 57.8 Å². The van der Waals surface area contributed by atoms with Crippen LogP contribution >= 0.6 is 0 Å². The number of rotatable bonds is 8. The van der Waals surface area contributed by atoms with E-state index in [0.29, 0.717) is 0 Å². The maximum atomic E-state index is 8.35. The van der Waals surface area contributed by atoms with Crippen LogP contribution in [0.15, 0.2) is 0 Å². The van der Waals surface area contributed by atoms with Gasteiger partial charge in [0.2, 0.25) is 12.2 Å². The smallest absolute Gasteiger partial charge is 0.222 e. The molecule has 4 heteroatoms. The molecule has 0 saturated heterocycles. The van der Waals surface area contributed by atoms with Crippen LogP contribution in [0.1, 0.15) is 71.6 Å². The molecule has 0 aromatic carbocycles. The highest BCUT2D eigenvalue weighted by molar-refractivity contribution is 5.26. The van der Waals surface area contributed by atoms with Crippen LogP contribution < -0.4 is 0 Å². The SMILES string of the molecule is CCCCCCCCCCC.N=C=O.N=C=O. The molecule has 0 rings (SSSR count). The molecule has 4 nitrogen and oxygen atoms in total. The lowest BCUT2D eigenvalue weighted by atomic mass is 10.1. The van der Waals surface area contributed by atoms with Crippen molar-refractivity contribution in [2.45, 2.75) is 71.6 Å². The van der Waals surface area contributed by atoms with Crippen molar-refractivity contribution in [1.29, 1.82) is 10.8 Å². The molecule has 0 atom stereocenters. The van der Waals surface area contributed by atoms with Crippen molar-refractivity contribution >= 4 is 12.2 Å². The first-order chi connectivity index (χ1) is 8.24. The Morgan fingerprint density at radius 2 is 0.824 bits per heavy atom. The van der Waals surface area contributed by atoms with Gasteiger partial charge in [0.15, 0.2) is 0 Å². The topological polar surface area (TPSA) is 81.8 Å². The number of hydrogen-bond donors (Lipinski definition) is 2. The van der Waals surface area contributed by atoms with Crippen molar-refractivity contribution in [3.8, 4) is 0 Å². The summed E-state index contributed by atoms with van der Waals surface area (Å²) in [6.07, 6.45) is 14.5. The van der Waals surface area contributed by atoms with Crippen molar-refractivity contribution in [3.63, 3.8) is 0 Å². The molecular formula is C13H26N2O2. The Morgan fingerprint density at radius 3 is 1.00 bits per heavy atom. The molecule has 0 aliphatic heterocycles. The highest BCUT2D eigenvalue weighted by Gasteiger charge is 1.88. The van der Waals surface area contributed by atoms with E-state index >= 15 is 0 Å². The second-order valence-electron chi connectivity index (χ2n) is 3.68. The van der Waals surface area contributed by atoms with Gasteiger partial charge >= 0.3 is 0 Å². The third kappa shape index (κ3) is 52.6. The van der Waals surface area contributed by atoms with Crippen molar-refractivity contribution in [1.82, 2.24) is 0 Å². The Bertz CT molecular complexity index is 162. The molecule has 0 spiro atoms. The molecule has 0 amide bonds. The van der Waals surface area contributed by atoms with E-state index in [9.17, 15) is 0 Å². The highest BCUT2D eigenvalue weighted by Crippen LogP contribution is 2.08. The van der Waals surface area contributed by atoms with Crippen LogP contribution in [0.5, 0.6) is 0 Å². The molecule has 0 bridgehead atoms. The van der Waals surface area contributed by atoms with E-state index in [1.54, 1.807) is 0 Å². The predicted octanol–water partition coefficient (Wildman–Crippen LogP) is 4.34. The van der Waals surface area contributed by atoms with Crippen LogP contribution in [-0.2, 0) is 9.59 Å². The van der Waals surface area contributed by atoms with E-state index in [2.05, 4.69) is 13.8 Å². The normalized spacial score (nSPS) is 7.65. The summed E-state index contributed by atoms with van der Waals surface area (Å²) >= 11 is 0. The van der Waals surface area contributed by atoms with E-state index in [1.807, 2.05) is 0 Å². The van der Waals surface area contributed by atoms with Crippen molar-refractivity contribution < 1.29 is 9.59 Å². The number of hydrogen-bond acceptors (Lipinski definition) is 4. The number of isocyanates is 2. The summed E-state index contributed by atoms with van der Waals surface area (Å²) in [6, 6.07) is 0. The lowest BCUT2D eigenvalue weighted by Gasteiger charge is -1.98. The fourth-order valence-corrected chi connectivity index (χ4v) is 1.38. The Kier molecular flexibility index (Phi) is 36.4. The summed E-state index contributed by atoms with van der Waals surface area (Å²) in [7, 11) is 0. The molecule has 0 unspecified atom stereocenters. The Hall–Kier alpha value is -1.24. The molecule has 0 fully saturated rings. The number of nitrogens with one attached hydrogen (secondary N) is 2. The van der Waals surface area contributed by atoms with Gasteiger partial charge in [0.05, 0.1) is 0 Å². The summed E-state index contributed by atoms with van der Waals surface area (Å²) in [5.41, 5.74) is 0. The molecular weight excluding hydrogens is 216 g/mol. The van der Waals surface area contributed by atoms with Crippen molar-refractivity contribution in [3.05, 3.63) is 0 Å². The fraction of sp³-hybridized carbons (Fsp3) is 0.846. The van der Waals surface area contributed by atoms with Gasteiger partial charge in [0.25, 0.3) is 0 Å². The Labute approximate surface area is 105 Å². The Balaban J connectivity index is -0.000000273. The molecule has 100 valence electrons. The largest absolute Gasteiger partial charge is 0.231 e. The van der Waals surface area contributed by atoms with Gasteiger partial charge in [-0.15, -0.1) is 0 Å². The molecule has 0 radical (unpaired) electrons. The van der Waals surface area contributed by atoms with Crippen LogP contribution in [0.2, 0.25) is 0 Å². The van der Waals surface area contributed by atoms with Crippen LogP contribution in [-0.4, -0.2) is 12.2 Å². The zero-order valence-electron chi connectivity index (χ0n) is 11.2. The summed E-state index contributed by atoms with van der Waals surface area (Å²) in [6.45, 7) is 4.55. The lowest BCUT2D eigenvalue weighted by molar-refractivity contribution is 0.562. The minimum atomic E-state index is 0.750. The average Bonchev–Trinajstić information content (AvgIpc) is 2.30. The molecule has 0 aliphatic rings. The zero-order valence-corrected chi connectivity index (χ0v) is 11.2. The molecule has 0 heterocycles. The monoisotopic (exact) mass is 242 g/mol. The van der Waals surface area contributed by atoms with E-state index in [-0.39, 0.29) is 0 Å². The molecule has 0 saturated carbocycles. The van der Waals surface area contributed by atoms with E-state index in [4.69, 9.17) is 20.4 Å². The maximum absolute atomic E-state index is 8.35. The maximum Gasteiger partial charge on any atom is 0.231 e. The van der Waals surface area contributed by atoms with Gasteiger partial charge in [-0.2, -0.15) is 0 Å². The molecule has 0 aromatic heterocycles. The number of unbranched alkanes of at least 4 members (excludes halogenated alkanes) is 8. The van der Waals surface area contributed by atoms with Crippen LogP contribution in [0, 0.1) is 10.8 Å². The number of carbonyl (C=O) groups excluding carboxylic acids is 2. The van der Waals surface area contributed by atoms with Gasteiger partial charge in [-0.1, -0.05) is 71.6 Å². The second kappa shape index (κ2) is 29.3. The fourth-order valence-electron chi connectivity index (χ4n) is 1.38. The minimum Gasteiger partial charge on any atom is -0.222 e. The predicted molar refractivity (Wildman–Crippen MR) is 69.7 cm³/mol. The minimum absolute atomic E-state index is 0.750. The first-order valence-electron chi connectivity index (χ1n) is 6.32. The summed E-state index contributed by atoms with van der Waals surface area (Å²) in [5.74, 6) is 0. The second-order valence-corrected chi connectivity index (χ2v) is 3.68. The van der Waals surface area contributed by atoms with Crippen LogP contribution in [0.25, 0.3) is 0 Å². The molecule has 0 aliphatic carbocycles. The summed E-state index contributed by atoms with van der Waals surface area (Å²) in [4.78, 5) is 16.7. The zero-order chi connectivity index (χ0) is 13.8. The lowest BCUT2D eigenvalue weighted by Crippen LogP contribution is -1.79. The molecule has 2 N–H and O–H groups in total. The van der Waals surface area contributed by atoms with Crippen LogP contribution in [0.4, 0.5) is 0 Å². The summed E-state index contributed by atoms with van der Waals surface area (Å²) in [5, 5.41) is 10.8. The van der Waals surface area contributed by atoms with Gasteiger partial charge in [0, 0.05) is 0 Å². The standard InChI is InChI=1S/C11H24.2CHNO/c1-3-5-7-9-11-10-8-6-4-2;2*2-1-3/h3-11H2,1-2H3;2*2H. The Morgan fingerprint density at radius 1 is 0.647 bits per heavy atom. The van der Waals surface area contributed by atoms with Crippen LogP contribution in [0.3, 0.4) is 0 Å². The van der Waals surface area contributed by atoms with E-state index < -0.39 is 0 Å². The summed E-state index contributed by atoms with van der Waals surface area (Å²) < 4.78 is 0. The van der Waals surface area contributed by atoms with E-state index in [0.717, 1.165) is 12.2 Å². The first-order valence-corrected chi connectivity index (χ1v) is 6.32. The van der Waals surface area contributed by atoms with Gasteiger partial charge in [-0.25, -0.2) is 20.4 Å². The third-order valence-electron chi connectivity index (χ3n) is 2.21. The average molecular weight is 242 g/mol. The van der Waals surface area contributed by atoms with Gasteiger partial charge in [-0.05, 0) is 0 Å². The quantitative estimate of drug-likeness (QED) is 0.377. The van der Waals surface area contributed by atoms with Crippen molar-refractivity contribution in [2.24, 2.45) is 0 Å². The van der Waals surface area contributed by atoms with Crippen molar-refractivity contribution in [2.75, 3.05) is 0 Å². The van der Waals surface area contributed by atoms with Gasteiger partial charge in [-0.3, -0.25) is 0 Å². The molecule has 0 aromatic rings.